The second-order valence-corrected chi connectivity index (χ2v) is 3.97. The Bertz CT molecular complexity index is 313. The Kier molecular flexibility index (Phi) is 4.79. The highest BCUT2D eigenvalue weighted by molar-refractivity contribution is 5.07. The summed E-state index contributed by atoms with van der Waals surface area (Å²) in [7, 11) is 0. The third-order valence-electron chi connectivity index (χ3n) is 2.39. The minimum Gasteiger partial charge on any atom is -0.311 e. The fourth-order valence-electron chi connectivity index (χ4n) is 1.31. The van der Waals surface area contributed by atoms with Crippen molar-refractivity contribution >= 4 is 0 Å². The van der Waals surface area contributed by atoms with E-state index in [0.29, 0.717) is 5.92 Å². The molecule has 1 heterocycles. The zero-order valence-electron chi connectivity index (χ0n) is 9.27. The van der Waals surface area contributed by atoms with Gasteiger partial charge in [0.15, 0.2) is 0 Å². The van der Waals surface area contributed by atoms with Gasteiger partial charge in [-0.25, -0.2) is 0 Å². The summed E-state index contributed by atoms with van der Waals surface area (Å²) in [4.78, 5) is 4.03. The summed E-state index contributed by atoms with van der Waals surface area (Å²) in [5, 5.41) is 12.2. The third kappa shape index (κ3) is 4.09. The minimum atomic E-state index is 0.0849. The smallest absolute Gasteiger partial charge is 0.0671 e. The van der Waals surface area contributed by atoms with E-state index in [0.717, 1.165) is 18.7 Å². The van der Waals surface area contributed by atoms with Gasteiger partial charge >= 0.3 is 0 Å². The van der Waals surface area contributed by atoms with E-state index in [2.05, 4.69) is 30.2 Å². The molecular formula is C12H17N3. The standard InChI is InChI=1S/C12H17N3/c1-10(2)12(6-13)9-15-8-11-4-3-5-14-7-11/h3-5,7,10,12,15H,8-9H2,1-2H3. The third-order valence-corrected chi connectivity index (χ3v) is 2.39. The van der Waals surface area contributed by atoms with Crippen LogP contribution in [0.3, 0.4) is 0 Å². The van der Waals surface area contributed by atoms with Crippen molar-refractivity contribution in [3.8, 4) is 6.07 Å². The zero-order chi connectivity index (χ0) is 11.1. The first-order chi connectivity index (χ1) is 7.24. The van der Waals surface area contributed by atoms with Crippen LogP contribution >= 0.6 is 0 Å². The van der Waals surface area contributed by atoms with Gasteiger partial charge < -0.3 is 5.32 Å². The average molecular weight is 203 g/mol. The first kappa shape index (κ1) is 11.7. The first-order valence-electron chi connectivity index (χ1n) is 5.23. The van der Waals surface area contributed by atoms with E-state index in [1.54, 1.807) is 6.20 Å². The van der Waals surface area contributed by atoms with Crippen molar-refractivity contribution in [3.63, 3.8) is 0 Å². The molecule has 3 nitrogen and oxygen atoms in total. The summed E-state index contributed by atoms with van der Waals surface area (Å²) in [6, 6.07) is 6.25. The largest absolute Gasteiger partial charge is 0.311 e. The van der Waals surface area contributed by atoms with Gasteiger partial charge in [-0.2, -0.15) is 5.26 Å². The summed E-state index contributed by atoms with van der Waals surface area (Å²) >= 11 is 0. The second kappa shape index (κ2) is 6.15. The molecule has 1 N–H and O–H groups in total. The van der Waals surface area contributed by atoms with Crippen LogP contribution in [0.2, 0.25) is 0 Å². The molecule has 1 aromatic rings. The minimum absolute atomic E-state index is 0.0849. The molecule has 0 aliphatic rings. The Morgan fingerprint density at radius 2 is 2.33 bits per heavy atom. The fraction of sp³-hybridized carbons (Fsp3) is 0.500. The first-order valence-corrected chi connectivity index (χ1v) is 5.23. The lowest BCUT2D eigenvalue weighted by molar-refractivity contribution is 0.442. The Balaban J connectivity index is 2.31. The predicted octanol–water partition coefficient (Wildman–Crippen LogP) is 1.97. The van der Waals surface area contributed by atoms with Crippen LogP contribution in [-0.4, -0.2) is 11.5 Å². The topological polar surface area (TPSA) is 48.7 Å². The lowest BCUT2D eigenvalue weighted by Gasteiger charge is -2.13. The van der Waals surface area contributed by atoms with Gasteiger partial charge in [-0.3, -0.25) is 4.98 Å². The maximum atomic E-state index is 8.89. The molecule has 1 aromatic heterocycles. The average Bonchev–Trinajstić information content (AvgIpc) is 2.25. The summed E-state index contributed by atoms with van der Waals surface area (Å²) in [5.74, 6) is 0.484. The summed E-state index contributed by atoms with van der Waals surface area (Å²) in [6.07, 6.45) is 3.60. The van der Waals surface area contributed by atoms with Gasteiger partial charge in [0.1, 0.15) is 0 Å². The van der Waals surface area contributed by atoms with Gasteiger partial charge in [-0.05, 0) is 17.5 Å². The van der Waals surface area contributed by atoms with Crippen LogP contribution in [0.25, 0.3) is 0 Å². The normalized spacial score (nSPS) is 12.4. The summed E-state index contributed by atoms with van der Waals surface area (Å²) in [5.41, 5.74) is 1.15. The molecule has 0 radical (unpaired) electrons. The van der Waals surface area contributed by atoms with Crippen LogP contribution in [0.1, 0.15) is 19.4 Å². The monoisotopic (exact) mass is 203 g/mol. The van der Waals surface area contributed by atoms with Crippen molar-refractivity contribution in [1.82, 2.24) is 10.3 Å². The van der Waals surface area contributed by atoms with Crippen LogP contribution in [-0.2, 0) is 6.54 Å². The van der Waals surface area contributed by atoms with Crippen LogP contribution in [0.4, 0.5) is 0 Å². The fourth-order valence-corrected chi connectivity index (χ4v) is 1.31. The Hall–Kier alpha value is -1.40. The number of nitrogens with zero attached hydrogens (tertiary/aromatic N) is 2. The number of aromatic nitrogens is 1. The molecule has 3 heteroatoms. The molecule has 1 atom stereocenters. The zero-order valence-corrected chi connectivity index (χ0v) is 9.27. The Morgan fingerprint density at radius 3 is 2.87 bits per heavy atom. The van der Waals surface area contributed by atoms with Gasteiger partial charge in [-0.15, -0.1) is 0 Å². The SMILES string of the molecule is CC(C)C(C#N)CNCc1cccnc1. The molecule has 0 aliphatic carbocycles. The van der Waals surface area contributed by atoms with Gasteiger partial charge in [0.05, 0.1) is 12.0 Å². The van der Waals surface area contributed by atoms with Gasteiger partial charge in [0.2, 0.25) is 0 Å². The van der Waals surface area contributed by atoms with E-state index >= 15 is 0 Å². The molecule has 0 bridgehead atoms. The molecule has 0 aliphatic heterocycles. The molecule has 0 amide bonds. The molecular weight excluding hydrogens is 186 g/mol. The van der Waals surface area contributed by atoms with Crippen molar-refractivity contribution in [3.05, 3.63) is 30.1 Å². The molecule has 1 unspecified atom stereocenters. The van der Waals surface area contributed by atoms with Crippen LogP contribution < -0.4 is 5.32 Å². The molecule has 80 valence electrons. The molecule has 1 rings (SSSR count). The van der Waals surface area contributed by atoms with E-state index in [1.807, 2.05) is 18.3 Å². The van der Waals surface area contributed by atoms with Crippen molar-refractivity contribution in [2.24, 2.45) is 11.8 Å². The van der Waals surface area contributed by atoms with Crippen molar-refractivity contribution < 1.29 is 0 Å². The van der Waals surface area contributed by atoms with Crippen molar-refractivity contribution in [1.29, 1.82) is 5.26 Å². The number of hydrogen-bond donors (Lipinski definition) is 1. The van der Waals surface area contributed by atoms with Gasteiger partial charge in [0.25, 0.3) is 0 Å². The second-order valence-electron chi connectivity index (χ2n) is 3.97. The Morgan fingerprint density at radius 1 is 1.53 bits per heavy atom. The Labute approximate surface area is 91.1 Å². The van der Waals surface area contributed by atoms with Gasteiger partial charge in [-0.1, -0.05) is 19.9 Å². The maximum absolute atomic E-state index is 8.89. The van der Waals surface area contributed by atoms with E-state index in [4.69, 9.17) is 5.26 Å². The number of nitrogens with one attached hydrogen (secondary N) is 1. The molecule has 0 saturated heterocycles. The van der Waals surface area contributed by atoms with Crippen LogP contribution in [0.5, 0.6) is 0 Å². The van der Waals surface area contributed by atoms with E-state index < -0.39 is 0 Å². The van der Waals surface area contributed by atoms with E-state index in [-0.39, 0.29) is 5.92 Å². The van der Waals surface area contributed by atoms with Crippen LogP contribution in [0, 0.1) is 23.2 Å². The highest BCUT2D eigenvalue weighted by Crippen LogP contribution is 2.08. The predicted molar refractivity (Wildman–Crippen MR) is 59.9 cm³/mol. The lowest BCUT2D eigenvalue weighted by atomic mass is 9.97. The number of hydrogen-bond acceptors (Lipinski definition) is 3. The van der Waals surface area contributed by atoms with Crippen LogP contribution in [0.15, 0.2) is 24.5 Å². The van der Waals surface area contributed by atoms with E-state index in [9.17, 15) is 0 Å². The van der Waals surface area contributed by atoms with Gasteiger partial charge in [0, 0.05) is 25.5 Å². The highest BCUT2D eigenvalue weighted by Gasteiger charge is 2.10. The van der Waals surface area contributed by atoms with E-state index in [1.165, 1.54) is 0 Å². The van der Waals surface area contributed by atoms with Crippen molar-refractivity contribution in [2.75, 3.05) is 6.54 Å². The summed E-state index contributed by atoms with van der Waals surface area (Å²) < 4.78 is 0. The highest BCUT2D eigenvalue weighted by atomic mass is 14.9. The molecule has 0 fully saturated rings. The molecule has 15 heavy (non-hydrogen) atoms. The lowest BCUT2D eigenvalue weighted by Crippen LogP contribution is -2.24. The number of nitriles is 1. The molecule has 0 saturated carbocycles. The quantitative estimate of drug-likeness (QED) is 0.796. The molecule has 0 spiro atoms. The number of pyridine rings is 1. The maximum Gasteiger partial charge on any atom is 0.0671 e. The summed E-state index contributed by atoms with van der Waals surface area (Å²) in [6.45, 7) is 5.65. The van der Waals surface area contributed by atoms with Crippen molar-refractivity contribution in [2.45, 2.75) is 20.4 Å². The molecule has 0 aromatic carbocycles. The number of rotatable bonds is 5.